The van der Waals surface area contributed by atoms with E-state index in [1.165, 1.54) is 17.9 Å². The summed E-state index contributed by atoms with van der Waals surface area (Å²) in [5.41, 5.74) is 1.54. The third kappa shape index (κ3) is 0.906. The van der Waals surface area contributed by atoms with E-state index < -0.39 is 0 Å². The van der Waals surface area contributed by atoms with Crippen molar-refractivity contribution in [2.75, 3.05) is 0 Å². The van der Waals surface area contributed by atoms with Gasteiger partial charge in [0.25, 0.3) is 5.52 Å². The van der Waals surface area contributed by atoms with Crippen molar-refractivity contribution in [2.24, 2.45) is 0 Å². The van der Waals surface area contributed by atoms with Crippen LogP contribution in [0, 0.1) is 0 Å². The molecular formula is C9H8NO2+. The average molecular weight is 162 g/mol. The summed E-state index contributed by atoms with van der Waals surface area (Å²) in [5, 5.41) is 0. The van der Waals surface area contributed by atoms with Crippen LogP contribution in [0.2, 0.25) is 0 Å². The SMILES string of the molecule is CC(=O)[n+]1coc2ccccc21. The maximum absolute atomic E-state index is 11.0. The predicted molar refractivity (Wildman–Crippen MR) is 42.7 cm³/mol. The van der Waals surface area contributed by atoms with Gasteiger partial charge in [-0.3, -0.25) is 0 Å². The highest BCUT2D eigenvalue weighted by atomic mass is 16.3. The third-order valence-electron chi connectivity index (χ3n) is 1.75. The Kier molecular flexibility index (Phi) is 1.43. The fourth-order valence-corrected chi connectivity index (χ4v) is 1.17. The van der Waals surface area contributed by atoms with Crippen molar-refractivity contribution < 1.29 is 13.8 Å². The molecule has 0 bridgehead atoms. The molecular weight excluding hydrogens is 154 g/mol. The Morgan fingerprint density at radius 3 is 2.92 bits per heavy atom. The molecule has 1 aromatic carbocycles. The van der Waals surface area contributed by atoms with E-state index in [4.69, 9.17) is 4.42 Å². The molecule has 0 radical (unpaired) electrons. The van der Waals surface area contributed by atoms with E-state index in [1.54, 1.807) is 0 Å². The first-order valence-electron chi connectivity index (χ1n) is 3.68. The van der Waals surface area contributed by atoms with Crippen molar-refractivity contribution in [1.82, 2.24) is 0 Å². The summed E-state index contributed by atoms with van der Waals surface area (Å²) >= 11 is 0. The molecule has 0 aliphatic heterocycles. The van der Waals surface area contributed by atoms with Gasteiger partial charge < -0.3 is 4.42 Å². The zero-order chi connectivity index (χ0) is 8.55. The van der Waals surface area contributed by atoms with Gasteiger partial charge in [0.2, 0.25) is 5.58 Å². The van der Waals surface area contributed by atoms with Crippen LogP contribution in [0.1, 0.15) is 11.7 Å². The van der Waals surface area contributed by atoms with Gasteiger partial charge in [-0.15, -0.1) is 0 Å². The molecule has 3 heteroatoms. The molecule has 3 nitrogen and oxygen atoms in total. The van der Waals surface area contributed by atoms with Crippen molar-refractivity contribution in [1.29, 1.82) is 0 Å². The standard InChI is InChI=1S/C9H8NO2/c1-7(11)10-6-12-9-5-3-2-4-8(9)10/h2-6H,1H3/q+1. The lowest BCUT2D eigenvalue weighted by Crippen LogP contribution is -2.38. The number of carbonyl (C=O) groups is 1. The second-order valence-electron chi connectivity index (χ2n) is 2.58. The van der Waals surface area contributed by atoms with E-state index >= 15 is 0 Å². The topological polar surface area (TPSA) is 34.1 Å². The molecule has 12 heavy (non-hydrogen) atoms. The van der Waals surface area contributed by atoms with Gasteiger partial charge >= 0.3 is 12.3 Å². The van der Waals surface area contributed by atoms with Crippen LogP contribution in [-0.2, 0) is 0 Å². The summed E-state index contributed by atoms with van der Waals surface area (Å²) < 4.78 is 6.63. The molecule has 1 heterocycles. The fourth-order valence-electron chi connectivity index (χ4n) is 1.17. The summed E-state index contributed by atoms with van der Waals surface area (Å²) in [6.07, 6.45) is 1.42. The predicted octanol–water partition coefficient (Wildman–Crippen LogP) is 1.38. The number of hydrogen-bond acceptors (Lipinski definition) is 2. The summed E-state index contributed by atoms with van der Waals surface area (Å²) in [7, 11) is 0. The normalized spacial score (nSPS) is 10.4. The number of nitrogens with zero attached hydrogens (tertiary/aromatic N) is 1. The van der Waals surface area contributed by atoms with E-state index in [-0.39, 0.29) is 5.91 Å². The van der Waals surface area contributed by atoms with Crippen molar-refractivity contribution >= 4 is 17.0 Å². The largest absolute Gasteiger partial charge is 0.403 e. The molecule has 0 saturated heterocycles. The number of fused-ring (bicyclic) bond motifs is 1. The molecule has 0 spiro atoms. The van der Waals surface area contributed by atoms with Crippen LogP contribution in [0.25, 0.3) is 11.1 Å². The number of carbonyl (C=O) groups excluding carboxylic acids is 1. The quantitative estimate of drug-likeness (QED) is 0.548. The van der Waals surface area contributed by atoms with Gasteiger partial charge in [0.1, 0.15) is 0 Å². The molecule has 0 N–H and O–H groups in total. The van der Waals surface area contributed by atoms with Gasteiger partial charge in [-0.05, 0) is 6.07 Å². The minimum atomic E-state index is -0.0417. The lowest BCUT2D eigenvalue weighted by atomic mass is 10.3. The molecule has 0 amide bonds. The number of rotatable bonds is 0. The Morgan fingerprint density at radius 1 is 1.42 bits per heavy atom. The molecule has 2 rings (SSSR count). The van der Waals surface area contributed by atoms with Crippen LogP contribution in [0.15, 0.2) is 35.1 Å². The van der Waals surface area contributed by atoms with E-state index in [2.05, 4.69) is 0 Å². The molecule has 0 aliphatic carbocycles. The van der Waals surface area contributed by atoms with Crippen molar-refractivity contribution in [2.45, 2.75) is 6.92 Å². The number of para-hydroxylation sites is 2. The molecule has 0 unspecified atom stereocenters. The highest BCUT2D eigenvalue weighted by Gasteiger charge is 2.16. The summed E-state index contributed by atoms with van der Waals surface area (Å²) in [5.74, 6) is -0.0417. The van der Waals surface area contributed by atoms with E-state index in [0.29, 0.717) is 0 Å². The maximum Gasteiger partial charge on any atom is 0.392 e. The smallest absolute Gasteiger partial charge is 0.392 e. The number of oxazole rings is 1. The first-order valence-corrected chi connectivity index (χ1v) is 3.68. The van der Waals surface area contributed by atoms with Gasteiger partial charge in [-0.25, -0.2) is 4.79 Å². The fraction of sp³-hybridized carbons (Fsp3) is 0.111. The first kappa shape index (κ1) is 7.03. The molecule has 2 aromatic rings. The highest BCUT2D eigenvalue weighted by Crippen LogP contribution is 2.08. The Hall–Kier alpha value is -1.64. The van der Waals surface area contributed by atoms with Crippen LogP contribution in [-0.4, -0.2) is 5.91 Å². The molecule has 1 aromatic heterocycles. The number of hydrogen-bond donors (Lipinski definition) is 0. The van der Waals surface area contributed by atoms with Gasteiger partial charge in [-0.1, -0.05) is 16.7 Å². The van der Waals surface area contributed by atoms with E-state index in [1.807, 2.05) is 24.3 Å². The van der Waals surface area contributed by atoms with Gasteiger partial charge in [0, 0.05) is 6.07 Å². The summed E-state index contributed by atoms with van der Waals surface area (Å²) in [6.45, 7) is 1.50. The third-order valence-corrected chi connectivity index (χ3v) is 1.75. The lowest BCUT2D eigenvalue weighted by molar-refractivity contribution is -0.550. The number of benzene rings is 1. The summed E-state index contributed by atoms with van der Waals surface area (Å²) in [4.78, 5) is 11.0. The van der Waals surface area contributed by atoms with Gasteiger partial charge in [0.15, 0.2) is 0 Å². The summed E-state index contributed by atoms with van der Waals surface area (Å²) in [6, 6.07) is 7.42. The van der Waals surface area contributed by atoms with E-state index in [0.717, 1.165) is 11.1 Å². The minimum absolute atomic E-state index is 0.0417. The molecule has 0 atom stereocenters. The molecule has 60 valence electrons. The number of aromatic nitrogens is 1. The Balaban J connectivity index is 2.79. The molecule has 0 aliphatic rings. The van der Waals surface area contributed by atoms with Crippen molar-refractivity contribution in [3.8, 4) is 0 Å². The lowest BCUT2D eigenvalue weighted by Gasteiger charge is -1.81. The Bertz CT molecular complexity index is 431. The Morgan fingerprint density at radius 2 is 2.17 bits per heavy atom. The minimum Gasteiger partial charge on any atom is -0.403 e. The van der Waals surface area contributed by atoms with Crippen LogP contribution < -0.4 is 4.57 Å². The first-order chi connectivity index (χ1) is 5.79. The molecule has 0 saturated carbocycles. The van der Waals surface area contributed by atoms with Crippen LogP contribution in [0.5, 0.6) is 0 Å². The van der Waals surface area contributed by atoms with Crippen LogP contribution >= 0.6 is 0 Å². The zero-order valence-corrected chi connectivity index (χ0v) is 6.65. The van der Waals surface area contributed by atoms with Crippen LogP contribution in [0.3, 0.4) is 0 Å². The average Bonchev–Trinajstić information content (AvgIpc) is 2.47. The maximum atomic E-state index is 11.0. The zero-order valence-electron chi connectivity index (χ0n) is 6.65. The van der Waals surface area contributed by atoms with Gasteiger partial charge in [-0.2, -0.15) is 0 Å². The van der Waals surface area contributed by atoms with E-state index in [9.17, 15) is 4.79 Å². The second-order valence-corrected chi connectivity index (χ2v) is 2.58. The second kappa shape index (κ2) is 2.44. The Labute approximate surface area is 69.2 Å². The highest BCUT2D eigenvalue weighted by molar-refractivity contribution is 5.74. The van der Waals surface area contributed by atoms with Crippen molar-refractivity contribution in [3.63, 3.8) is 0 Å². The monoisotopic (exact) mass is 162 g/mol. The van der Waals surface area contributed by atoms with Gasteiger partial charge in [0.05, 0.1) is 6.92 Å². The van der Waals surface area contributed by atoms with Crippen molar-refractivity contribution in [3.05, 3.63) is 30.7 Å². The molecule has 0 fully saturated rings. The van der Waals surface area contributed by atoms with Crippen LogP contribution in [0.4, 0.5) is 0 Å².